The van der Waals surface area contributed by atoms with Crippen LogP contribution in [0.15, 0.2) is 48.5 Å². The van der Waals surface area contributed by atoms with Crippen LogP contribution in [0.4, 0.5) is 0 Å². The Kier molecular flexibility index (Phi) is 6.04. The minimum Gasteiger partial charge on any atom is -0.493 e. The SMILES string of the molecule is CC[C@H](NC(=O)C1(c2ccccc2)CCCC1)c1ccc(OC)c(OC)c1. The molecule has 3 rings (SSSR count). The monoisotopic (exact) mass is 367 g/mol. The Morgan fingerprint density at radius 1 is 1.04 bits per heavy atom. The first-order chi connectivity index (χ1) is 13.1. The fourth-order valence-corrected chi connectivity index (χ4v) is 4.17. The van der Waals surface area contributed by atoms with Crippen LogP contribution in [0, 0.1) is 0 Å². The molecule has 1 atom stereocenters. The van der Waals surface area contributed by atoms with Crippen molar-refractivity contribution in [3.63, 3.8) is 0 Å². The van der Waals surface area contributed by atoms with Crippen molar-refractivity contribution in [1.82, 2.24) is 5.32 Å². The maximum absolute atomic E-state index is 13.4. The van der Waals surface area contributed by atoms with Gasteiger partial charge in [-0.05, 0) is 42.5 Å². The van der Waals surface area contributed by atoms with Crippen molar-refractivity contribution in [2.75, 3.05) is 14.2 Å². The number of hydrogen-bond acceptors (Lipinski definition) is 3. The van der Waals surface area contributed by atoms with Gasteiger partial charge >= 0.3 is 0 Å². The summed E-state index contributed by atoms with van der Waals surface area (Å²) >= 11 is 0. The largest absolute Gasteiger partial charge is 0.493 e. The van der Waals surface area contributed by atoms with Crippen molar-refractivity contribution in [3.8, 4) is 11.5 Å². The van der Waals surface area contributed by atoms with Gasteiger partial charge in [-0.1, -0.05) is 56.2 Å². The maximum Gasteiger partial charge on any atom is 0.231 e. The lowest BCUT2D eigenvalue weighted by Crippen LogP contribution is -2.44. The molecule has 0 aliphatic heterocycles. The summed E-state index contributed by atoms with van der Waals surface area (Å²) in [5, 5.41) is 3.32. The maximum atomic E-state index is 13.4. The van der Waals surface area contributed by atoms with E-state index >= 15 is 0 Å². The van der Waals surface area contributed by atoms with Gasteiger partial charge in [0.05, 0.1) is 25.7 Å². The first kappa shape index (κ1) is 19.3. The molecule has 1 saturated carbocycles. The average Bonchev–Trinajstić information content (AvgIpc) is 3.23. The van der Waals surface area contributed by atoms with Crippen LogP contribution in [0.1, 0.15) is 56.2 Å². The van der Waals surface area contributed by atoms with E-state index in [0.717, 1.165) is 43.2 Å². The molecular formula is C23H29NO3. The molecule has 0 radical (unpaired) electrons. The van der Waals surface area contributed by atoms with Gasteiger partial charge in [-0.2, -0.15) is 0 Å². The van der Waals surface area contributed by atoms with Gasteiger partial charge in [0.2, 0.25) is 5.91 Å². The Hall–Kier alpha value is -2.49. The fraction of sp³-hybridized carbons (Fsp3) is 0.435. The summed E-state index contributed by atoms with van der Waals surface area (Å²) in [6.07, 6.45) is 4.81. The molecule has 0 bridgehead atoms. The Morgan fingerprint density at radius 3 is 2.30 bits per heavy atom. The van der Waals surface area contributed by atoms with Crippen molar-refractivity contribution in [2.24, 2.45) is 0 Å². The third kappa shape index (κ3) is 3.80. The van der Waals surface area contributed by atoms with E-state index in [-0.39, 0.29) is 11.9 Å². The Morgan fingerprint density at radius 2 is 1.70 bits per heavy atom. The van der Waals surface area contributed by atoms with Crippen LogP contribution < -0.4 is 14.8 Å². The molecule has 0 saturated heterocycles. The summed E-state index contributed by atoms with van der Waals surface area (Å²) in [7, 11) is 3.25. The highest BCUT2D eigenvalue weighted by Crippen LogP contribution is 2.42. The van der Waals surface area contributed by atoms with E-state index in [2.05, 4.69) is 24.4 Å². The van der Waals surface area contributed by atoms with E-state index in [1.165, 1.54) is 0 Å². The van der Waals surface area contributed by atoms with Gasteiger partial charge in [-0.15, -0.1) is 0 Å². The molecule has 1 fully saturated rings. The van der Waals surface area contributed by atoms with Gasteiger partial charge in [-0.3, -0.25) is 4.79 Å². The highest BCUT2D eigenvalue weighted by molar-refractivity contribution is 5.89. The number of rotatable bonds is 7. The molecule has 4 heteroatoms. The molecule has 0 spiro atoms. The first-order valence-electron chi connectivity index (χ1n) is 9.73. The van der Waals surface area contributed by atoms with Crippen LogP contribution in [0.3, 0.4) is 0 Å². The summed E-state index contributed by atoms with van der Waals surface area (Å²) in [5.74, 6) is 1.51. The zero-order valence-corrected chi connectivity index (χ0v) is 16.5. The number of ether oxygens (including phenoxy) is 2. The molecule has 4 nitrogen and oxygen atoms in total. The standard InChI is InChI=1S/C23H29NO3/c1-4-19(17-12-13-20(26-2)21(16-17)27-3)24-22(25)23(14-8-9-15-23)18-10-6-5-7-11-18/h5-7,10-13,16,19H,4,8-9,14-15H2,1-3H3,(H,24,25)/t19-/m0/s1. The van der Waals surface area contributed by atoms with Crippen LogP contribution in [0.2, 0.25) is 0 Å². The summed E-state index contributed by atoms with van der Waals surface area (Å²) in [6, 6.07) is 16.0. The smallest absolute Gasteiger partial charge is 0.231 e. The van der Waals surface area contributed by atoms with Gasteiger partial charge in [-0.25, -0.2) is 0 Å². The lowest BCUT2D eigenvalue weighted by molar-refractivity contribution is -0.127. The van der Waals surface area contributed by atoms with Crippen LogP contribution in [-0.2, 0) is 10.2 Å². The van der Waals surface area contributed by atoms with Crippen molar-refractivity contribution < 1.29 is 14.3 Å². The molecule has 1 amide bonds. The number of nitrogens with one attached hydrogen (secondary N) is 1. The van der Waals surface area contributed by atoms with Crippen molar-refractivity contribution >= 4 is 5.91 Å². The normalized spacial score (nSPS) is 16.6. The third-order valence-electron chi connectivity index (χ3n) is 5.74. The molecule has 0 aromatic heterocycles. The van der Waals surface area contributed by atoms with Crippen LogP contribution in [-0.4, -0.2) is 20.1 Å². The van der Waals surface area contributed by atoms with Gasteiger partial charge in [0, 0.05) is 0 Å². The van der Waals surface area contributed by atoms with E-state index in [0.29, 0.717) is 11.5 Å². The minimum absolute atomic E-state index is 0.0570. The van der Waals surface area contributed by atoms with E-state index in [4.69, 9.17) is 9.47 Å². The molecular weight excluding hydrogens is 338 g/mol. The molecule has 144 valence electrons. The molecule has 1 N–H and O–H groups in total. The molecule has 1 aliphatic rings. The van der Waals surface area contributed by atoms with E-state index < -0.39 is 5.41 Å². The van der Waals surface area contributed by atoms with E-state index in [9.17, 15) is 4.79 Å². The molecule has 2 aromatic rings. The van der Waals surface area contributed by atoms with Crippen LogP contribution in [0.5, 0.6) is 11.5 Å². The first-order valence-corrected chi connectivity index (χ1v) is 9.73. The highest BCUT2D eigenvalue weighted by atomic mass is 16.5. The number of benzene rings is 2. The Bertz CT molecular complexity index is 766. The predicted molar refractivity (Wildman–Crippen MR) is 107 cm³/mol. The predicted octanol–water partition coefficient (Wildman–Crippen LogP) is 4.78. The molecule has 1 aliphatic carbocycles. The second kappa shape index (κ2) is 8.47. The number of methoxy groups -OCH3 is 2. The van der Waals surface area contributed by atoms with Gasteiger partial charge < -0.3 is 14.8 Å². The van der Waals surface area contributed by atoms with Crippen LogP contribution in [0.25, 0.3) is 0 Å². The van der Waals surface area contributed by atoms with Gasteiger partial charge in [0.1, 0.15) is 0 Å². The number of amides is 1. The summed E-state index contributed by atoms with van der Waals surface area (Å²) in [6.45, 7) is 2.09. The van der Waals surface area contributed by atoms with Crippen molar-refractivity contribution in [2.45, 2.75) is 50.5 Å². The third-order valence-corrected chi connectivity index (χ3v) is 5.74. The number of carbonyl (C=O) groups is 1. The second-order valence-corrected chi connectivity index (χ2v) is 7.20. The summed E-state index contributed by atoms with van der Waals surface area (Å²) in [5.41, 5.74) is 1.75. The number of carbonyl (C=O) groups excluding carboxylic acids is 1. The van der Waals surface area contributed by atoms with Crippen molar-refractivity contribution in [3.05, 3.63) is 59.7 Å². The zero-order chi connectivity index (χ0) is 19.3. The lowest BCUT2D eigenvalue weighted by Gasteiger charge is -2.31. The Labute approximate surface area is 161 Å². The summed E-state index contributed by atoms with van der Waals surface area (Å²) in [4.78, 5) is 13.4. The molecule has 2 aromatic carbocycles. The Balaban J connectivity index is 1.86. The molecule has 0 unspecified atom stereocenters. The average molecular weight is 367 g/mol. The zero-order valence-electron chi connectivity index (χ0n) is 16.5. The fourth-order valence-electron chi connectivity index (χ4n) is 4.17. The van der Waals surface area contributed by atoms with Gasteiger partial charge in [0.25, 0.3) is 0 Å². The van der Waals surface area contributed by atoms with E-state index in [1.807, 2.05) is 36.4 Å². The number of hydrogen-bond donors (Lipinski definition) is 1. The topological polar surface area (TPSA) is 47.6 Å². The molecule has 0 heterocycles. The van der Waals surface area contributed by atoms with Crippen LogP contribution >= 0.6 is 0 Å². The summed E-state index contributed by atoms with van der Waals surface area (Å²) < 4.78 is 10.8. The quantitative estimate of drug-likeness (QED) is 0.766. The second-order valence-electron chi connectivity index (χ2n) is 7.20. The van der Waals surface area contributed by atoms with Crippen molar-refractivity contribution in [1.29, 1.82) is 0 Å². The van der Waals surface area contributed by atoms with Gasteiger partial charge in [0.15, 0.2) is 11.5 Å². The van der Waals surface area contributed by atoms with E-state index in [1.54, 1.807) is 14.2 Å². The highest BCUT2D eigenvalue weighted by Gasteiger charge is 2.43. The minimum atomic E-state index is -0.411. The lowest BCUT2D eigenvalue weighted by atomic mass is 9.77. The molecule has 27 heavy (non-hydrogen) atoms.